The molecule has 1 aromatic rings. The maximum atomic E-state index is 11.2. The molecule has 1 rings (SSSR count). The Bertz CT molecular complexity index is 403. The lowest BCUT2D eigenvalue weighted by Crippen LogP contribution is -2.15. The summed E-state index contributed by atoms with van der Waals surface area (Å²) in [4.78, 5) is 11.2. The maximum absolute atomic E-state index is 11.2. The summed E-state index contributed by atoms with van der Waals surface area (Å²) >= 11 is 0. The highest BCUT2D eigenvalue weighted by Gasteiger charge is 2.12. The lowest BCUT2D eigenvalue weighted by Gasteiger charge is -2.17. The molecule has 5 heteroatoms. The van der Waals surface area contributed by atoms with Gasteiger partial charge in [-0.25, -0.2) is 0 Å². The van der Waals surface area contributed by atoms with Gasteiger partial charge in [0.15, 0.2) is 0 Å². The topological polar surface area (TPSA) is 73.6 Å². The molecule has 18 heavy (non-hydrogen) atoms. The third-order valence-corrected chi connectivity index (χ3v) is 2.48. The Morgan fingerprint density at radius 1 is 1.50 bits per heavy atom. The van der Waals surface area contributed by atoms with Gasteiger partial charge in [-0.2, -0.15) is 0 Å². The summed E-state index contributed by atoms with van der Waals surface area (Å²) in [5.41, 5.74) is 7.17. The molecule has 0 aliphatic heterocycles. The molecule has 0 heterocycles. The van der Waals surface area contributed by atoms with E-state index in [1.807, 2.05) is 25.1 Å². The van der Waals surface area contributed by atoms with Crippen LogP contribution in [0.25, 0.3) is 0 Å². The number of ether oxygens (including phenoxy) is 2. The first-order valence-electron chi connectivity index (χ1n) is 5.89. The number of nitrogens with one attached hydrogen (secondary N) is 1. The molecule has 0 saturated carbocycles. The monoisotopic (exact) mass is 252 g/mol. The first-order chi connectivity index (χ1) is 8.62. The largest absolute Gasteiger partial charge is 0.492 e. The zero-order valence-electron chi connectivity index (χ0n) is 11.0. The standard InChI is InChI=1S/C13H20N2O3/c1-4-18-12-6-5-10(13(8-14)17-3)7-11(12)15-9(2)16/h5-7,13H,4,8,14H2,1-3H3,(H,15,16). The van der Waals surface area contributed by atoms with E-state index in [1.165, 1.54) is 6.92 Å². The molecule has 1 aromatic carbocycles. The first-order valence-corrected chi connectivity index (χ1v) is 5.89. The number of hydrogen-bond donors (Lipinski definition) is 2. The smallest absolute Gasteiger partial charge is 0.221 e. The van der Waals surface area contributed by atoms with Crippen molar-refractivity contribution in [2.24, 2.45) is 5.73 Å². The van der Waals surface area contributed by atoms with Crippen molar-refractivity contribution in [3.05, 3.63) is 23.8 Å². The van der Waals surface area contributed by atoms with Crippen LogP contribution in [-0.4, -0.2) is 26.2 Å². The summed E-state index contributed by atoms with van der Waals surface area (Å²) in [5, 5.41) is 2.74. The van der Waals surface area contributed by atoms with E-state index in [1.54, 1.807) is 7.11 Å². The van der Waals surface area contributed by atoms with E-state index in [4.69, 9.17) is 15.2 Å². The quantitative estimate of drug-likeness (QED) is 0.808. The zero-order valence-corrected chi connectivity index (χ0v) is 11.0. The third-order valence-electron chi connectivity index (χ3n) is 2.48. The second-order valence-corrected chi connectivity index (χ2v) is 3.83. The fraction of sp³-hybridized carbons (Fsp3) is 0.462. The van der Waals surface area contributed by atoms with Gasteiger partial charge in [-0.1, -0.05) is 6.07 Å². The Morgan fingerprint density at radius 3 is 2.72 bits per heavy atom. The highest BCUT2D eigenvalue weighted by atomic mass is 16.5. The molecule has 0 radical (unpaired) electrons. The number of benzene rings is 1. The molecular formula is C13H20N2O3. The molecule has 0 aliphatic rings. The minimum Gasteiger partial charge on any atom is -0.492 e. The number of carbonyl (C=O) groups is 1. The fourth-order valence-electron chi connectivity index (χ4n) is 1.68. The van der Waals surface area contributed by atoms with Crippen LogP contribution in [-0.2, 0) is 9.53 Å². The number of methoxy groups -OCH3 is 1. The van der Waals surface area contributed by atoms with Crippen molar-refractivity contribution >= 4 is 11.6 Å². The minimum atomic E-state index is -0.187. The van der Waals surface area contributed by atoms with Crippen molar-refractivity contribution in [2.75, 3.05) is 25.6 Å². The average molecular weight is 252 g/mol. The highest BCUT2D eigenvalue weighted by Crippen LogP contribution is 2.29. The molecule has 0 bridgehead atoms. The van der Waals surface area contributed by atoms with Crippen molar-refractivity contribution in [3.8, 4) is 5.75 Å². The van der Waals surface area contributed by atoms with Crippen molar-refractivity contribution in [1.29, 1.82) is 0 Å². The second kappa shape index (κ2) is 6.98. The lowest BCUT2D eigenvalue weighted by molar-refractivity contribution is -0.114. The minimum absolute atomic E-state index is 0.144. The molecule has 1 amide bonds. The van der Waals surface area contributed by atoms with Crippen molar-refractivity contribution in [1.82, 2.24) is 0 Å². The summed E-state index contributed by atoms with van der Waals surface area (Å²) in [6.07, 6.45) is -0.187. The van der Waals surface area contributed by atoms with Crippen LogP contribution in [0.15, 0.2) is 18.2 Å². The molecule has 1 atom stereocenters. The van der Waals surface area contributed by atoms with E-state index in [2.05, 4.69) is 5.32 Å². The first kappa shape index (κ1) is 14.5. The summed E-state index contributed by atoms with van der Waals surface area (Å²) in [6.45, 7) is 4.27. The highest BCUT2D eigenvalue weighted by molar-refractivity contribution is 5.90. The van der Waals surface area contributed by atoms with Crippen LogP contribution in [0, 0.1) is 0 Å². The van der Waals surface area contributed by atoms with Gasteiger partial charge in [-0.05, 0) is 24.6 Å². The number of hydrogen-bond acceptors (Lipinski definition) is 4. The molecule has 0 fully saturated rings. The van der Waals surface area contributed by atoms with E-state index in [-0.39, 0.29) is 12.0 Å². The Kier molecular flexibility index (Phi) is 5.61. The van der Waals surface area contributed by atoms with Crippen LogP contribution >= 0.6 is 0 Å². The average Bonchev–Trinajstić information content (AvgIpc) is 2.33. The summed E-state index contributed by atoms with van der Waals surface area (Å²) in [7, 11) is 1.60. The van der Waals surface area contributed by atoms with Crippen LogP contribution in [0.1, 0.15) is 25.5 Å². The molecule has 5 nitrogen and oxygen atoms in total. The van der Waals surface area contributed by atoms with Crippen molar-refractivity contribution < 1.29 is 14.3 Å². The van der Waals surface area contributed by atoms with E-state index in [0.717, 1.165) is 5.56 Å². The van der Waals surface area contributed by atoms with Crippen LogP contribution in [0.4, 0.5) is 5.69 Å². The van der Waals surface area contributed by atoms with Crippen LogP contribution in [0.5, 0.6) is 5.75 Å². The third kappa shape index (κ3) is 3.72. The molecule has 0 aromatic heterocycles. The number of rotatable bonds is 6. The van der Waals surface area contributed by atoms with Gasteiger partial charge < -0.3 is 20.5 Å². The predicted octanol–water partition coefficient (Wildman–Crippen LogP) is 1.69. The van der Waals surface area contributed by atoms with Crippen molar-refractivity contribution in [3.63, 3.8) is 0 Å². The van der Waals surface area contributed by atoms with E-state index in [9.17, 15) is 4.79 Å². The van der Waals surface area contributed by atoms with Gasteiger partial charge in [0.05, 0.1) is 18.4 Å². The maximum Gasteiger partial charge on any atom is 0.221 e. The molecule has 0 spiro atoms. The Morgan fingerprint density at radius 2 is 2.22 bits per heavy atom. The van der Waals surface area contributed by atoms with Gasteiger partial charge in [0.2, 0.25) is 5.91 Å². The Balaban J connectivity index is 3.07. The Labute approximate surface area is 107 Å². The van der Waals surface area contributed by atoms with E-state index >= 15 is 0 Å². The SMILES string of the molecule is CCOc1ccc(C(CN)OC)cc1NC(C)=O. The van der Waals surface area contributed by atoms with Gasteiger partial charge in [0, 0.05) is 20.6 Å². The van der Waals surface area contributed by atoms with Gasteiger partial charge in [0.25, 0.3) is 0 Å². The molecule has 1 unspecified atom stereocenters. The summed E-state index contributed by atoms with van der Waals surface area (Å²) in [5.74, 6) is 0.498. The molecule has 0 aliphatic carbocycles. The molecule has 0 saturated heterocycles. The molecule has 3 N–H and O–H groups in total. The molecule has 100 valence electrons. The lowest BCUT2D eigenvalue weighted by atomic mass is 10.1. The van der Waals surface area contributed by atoms with E-state index < -0.39 is 0 Å². The van der Waals surface area contributed by atoms with Crippen LogP contribution < -0.4 is 15.8 Å². The Hall–Kier alpha value is -1.59. The van der Waals surface area contributed by atoms with Crippen LogP contribution in [0.2, 0.25) is 0 Å². The number of anilines is 1. The van der Waals surface area contributed by atoms with Gasteiger partial charge in [0.1, 0.15) is 5.75 Å². The van der Waals surface area contributed by atoms with E-state index in [0.29, 0.717) is 24.6 Å². The second-order valence-electron chi connectivity index (χ2n) is 3.83. The van der Waals surface area contributed by atoms with Crippen molar-refractivity contribution in [2.45, 2.75) is 20.0 Å². The van der Waals surface area contributed by atoms with Gasteiger partial charge >= 0.3 is 0 Å². The summed E-state index contributed by atoms with van der Waals surface area (Å²) in [6, 6.07) is 5.52. The summed E-state index contributed by atoms with van der Waals surface area (Å²) < 4.78 is 10.7. The predicted molar refractivity (Wildman–Crippen MR) is 70.7 cm³/mol. The van der Waals surface area contributed by atoms with Gasteiger partial charge in [-0.15, -0.1) is 0 Å². The normalized spacial score (nSPS) is 12.0. The molecular weight excluding hydrogens is 232 g/mol. The van der Waals surface area contributed by atoms with Gasteiger partial charge in [-0.3, -0.25) is 4.79 Å². The number of amides is 1. The zero-order chi connectivity index (χ0) is 13.5. The number of carbonyl (C=O) groups excluding carboxylic acids is 1. The number of nitrogens with two attached hydrogens (primary N) is 1. The van der Waals surface area contributed by atoms with Crippen LogP contribution in [0.3, 0.4) is 0 Å². The fourth-order valence-corrected chi connectivity index (χ4v) is 1.68.